The van der Waals surface area contributed by atoms with Crippen molar-refractivity contribution in [3.8, 4) is 11.4 Å². The smallest absolute Gasteiger partial charge is 0.426 e. The number of halogens is 2. The van der Waals surface area contributed by atoms with Gasteiger partial charge in [0.15, 0.2) is 22.5 Å². The molecule has 2 aliphatic heterocycles. The minimum Gasteiger partial charge on any atom is -0.465 e. The quantitative estimate of drug-likeness (QED) is 0.585. The summed E-state index contributed by atoms with van der Waals surface area (Å²) in [5.41, 5.74) is -1.95. The summed E-state index contributed by atoms with van der Waals surface area (Å²) in [6.45, 7) is 2.61. The number of benzene rings is 1. The van der Waals surface area contributed by atoms with E-state index in [1.54, 1.807) is 4.90 Å². The average Bonchev–Trinajstić information content (AvgIpc) is 3.45. The number of anilines is 1. The van der Waals surface area contributed by atoms with Gasteiger partial charge in [0, 0.05) is 13.1 Å². The molecule has 11 nitrogen and oxygen atoms in total. The maximum atomic E-state index is 14.5. The number of hydrogen-bond donors (Lipinski definition) is 2. The number of hydrogen-bond acceptors (Lipinski definition) is 8. The van der Waals surface area contributed by atoms with Crippen LogP contribution in [-0.2, 0) is 0 Å². The van der Waals surface area contributed by atoms with Crippen LogP contribution >= 0.6 is 0 Å². The highest BCUT2D eigenvalue weighted by Crippen LogP contribution is 2.40. The molecule has 4 heterocycles. The normalized spacial score (nSPS) is 21.1. The zero-order chi connectivity index (χ0) is 23.5. The Bertz CT molecular complexity index is 1180. The lowest BCUT2D eigenvalue weighted by Gasteiger charge is -2.38. The second-order valence-corrected chi connectivity index (χ2v) is 8.73. The van der Waals surface area contributed by atoms with Gasteiger partial charge in [0.05, 0.1) is 24.5 Å². The Morgan fingerprint density at radius 2 is 1.82 bits per heavy atom. The van der Waals surface area contributed by atoms with Gasteiger partial charge in [0.25, 0.3) is 6.01 Å². The van der Waals surface area contributed by atoms with Gasteiger partial charge >= 0.3 is 12.2 Å². The monoisotopic (exact) mass is 464 g/mol. The number of piperazine rings is 1. The number of ether oxygens (including phenoxy) is 1. The molecule has 176 valence electrons. The molecule has 0 saturated carbocycles. The fourth-order valence-corrected chi connectivity index (χ4v) is 4.31. The molecular formula is C20H22F2N6O5. The molecule has 2 saturated heterocycles. The van der Waals surface area contributed by atoms with Crippen molar-refractivity contribution in [2.24, 2.45) is 0 Å². The Labute approximate surface area is 186 Å². The molecule has 1 aromatic carbocycles. The number of oxazole rings is 1. The van der Waals surface area contributed by atoms with Crippen molar-refractivity contribution in [3.63, 3.8) is 0 Å². The molecule has 5 rings (SSSR count). The standard InChI is InChI=1S/C20H22F2N6O5/c1-19(2,31)20(21,22)33-14-6-5-13(28-23-7-8-24-28)16-15(14)25-17(32-16)26-9-11-3-4-12(10-26)27(11)18(29)30/h5-8,11-12,31H,3-4,9-10H2,1-2H3,(H,29,30). The number of carboxylic acid groups (broad SMARTS) is 1. The molecule has 1 amide bonds. The molecule has 2 bridgehead atoms. The van der Waals surface area contributed by atoms with Crippen molar-refractivity contribution in [2.75, 3.05) is 18.0 Å². The zero-order valence-electron chi connectivity index (χ0n) is 17.9. The molecule has 13 heteroatoms. The van der Waals surface area contributed by atoms with Crippen LogP contribution in [0.15, 0.2) is 28.9 Å². The Balaban J connectivity index is 1.56. The summed E-state index contributed by atoms with van der Waals surface area (Å²) in [4.78, 5) is 20.5. The summed E-state index contributed by atoms with van der Waals surface area (Å²) in [5, 5.41) is 27.4. The number of fused-ring (bicyclic) bond motifs is 3. The Hall–Kier alpha value is -3.48. The highest BCUT2D eigenvalue weighted by atomic mass is 19.3. The molecule has 0 radical (unpaired) electrons. The van der Waals surface area contributed by atoms with Gasteiger partial charge in [-0.15, -0.1) is 4.80 Å². The predicted molar refractivity (Wildman–Crippen MR) is 110 cm³/mol. The predicted octanol–water partition coefficient (Wildman–Crippen LogP) is 2.48. The van der Waals surface area contributed by atoms with Crippen LogP contribution in [0.4, 0.5) is 19.6 Å². The molecule has 0 aliphatic carbocycles. The van der Waals surface area contributed by atoms with Gasteiger partial charge in [-0.05, 0) is 38.8 Å². The Kier molecular flexibility index (Phi) is 4.71. The molecule has 2 aliphatic rings. The number of carbonyl (C=O) groups is 1. The highest BCUT2D eigenvalue weighted by molar-refractivity contribution is 5.88. The van der Waals surface area contributed by atoms with Crippen LogP contribution in [0.5, 0.6) is 5.75 Å². The fourth-order valence-electron chi connectivity index (χ4n) is 4.31. The van der Waals surface area contributed by atoms with Gasteiger partial charge in [0.1, 0.15) is 5.69 Å². The van der Waals surface area contributed by atoms with E-state index in [9.17, 15) is 23.8 Å². The van der Waals surface area contributed by atoms with Crippen LogP contribution in [-0.4, -0.2) is 78.1 Å². The fraction of sp³-hybridized carbons (Fsp3) is 0.500. The maximum absolute atomic E-state index is 14.5. The second kappa shape index (κ2) is 7.27. The SMILES string of the molecule is CC(C)(O)C(F)(F)Oc1ccc(-n2nccn2)c2oc(N3CC4CCC(C3)N4C(=O)O)nc12. The summed E-state index contributed by atoms with van der Waals surface area (Å²) < 4.78 is 39.8. The van der Waals surface area contributed by atoms with Crippen LogP contribution in [0, 0.1) is 0 Å². The molecule has 2 atom stereocenters. The van der Waals surface area contributed by atoms with Crippen LogP contribution in [0.3, 0.4) is 0 Å². The van der Waals surface area contributed by atoms with Crippen LogP contribution in [0.25, 0.3) is 16.8 Å². The van der Waals surface area contributed by atoms with E-state index in [0.29, 0.717) is 18.8 Å². The first-order valence-corrected chi connectivity index (χ1v) is 10.4. The third-order valence-corrected chi connectivity index (χ3v) is 6.03. The molecule has 0 spiro atoms. The highest BCUT2D eigenvalue weighted by Gasteiger charge is 2.49. The largest absolute Gasteiger partial charge is 0.465 e. The topological polar surface area (TPSA) is 130 Å². The number of aromatic nitrogens is 4. The molecular weight excluding hydrogens is 442 g/mol. The summed E-state index contributed by atoms with van der Waals surface area (Å²) in [6.07, 6.45) is -0.505. The lowest BCUT2D eigenvalue weighted by Crippen LogP contribution is -2.55. The first-order chi connectivity index (χ1) is 15.5. The molecule has 2 aromatic heterocycles. The van der Waals surface area contributed by atoms with E-state index >= 15 is 0 Å². The molecule has 2 fully saturated rings. The van der Waals surface area contributed by atoms with Gasteiger partial charge in [-0.25, -0.2) is 4.79 Å². The summed E-state index contributed by atoms with van der Waals surface area (Å²) in [5.74, 6) is -0.282. The van der Waals surface area contributed by atoms with Gasteiger partial charge in [-0.3, -0.25) is 4.90 Å². The van der Waals surface area contributed by atoms with E-state index in [1.807, 2.05) is 0 Å². The molecule has 2 unspecified atom stereocenters. The lowest BCUT2D eigenvalue weighted by molar-refractivity contribution is -0.275. The Morgan fingerprint density at radius 1 is 1.18 bits per heavy atom. The minimum atomic E-state index is -3.91. The zero-order valence-corrected chi connectivity index (χ0v) is 17.9. The van der Waals surface area contributed by atoms with Gasteiger partial charge in [-0.2, -0.15) is 24.0 Å². The first kappa shape index (κ1) is 21.4. The van der Waals surface area contributed by atoms with Crippen molar-refractivity contribution >= 4 is 23.2 Å². The van der Waals surface area contributed by atoms with Crippen LogP contribution in [0.1, 0.15) is 26.7 Å². The summed E-state index contributed by atoms with van der Waals surface area (Å²) in [7, 11) is 0. The number of aliphatic hydroxyl groups is 1. The van der Waals surface area contributed by atoms with Crippen molar-refractivity contribution in [2.45, 2.75) is 50.5 Å². The van der Waals surface area contributed by atoms with Crippen LogP contribution in [0.2, 0.25) is 0 Å². The van der Waals surface area contributed by atoms with E-state index in [-0.39, 0.29) is 34.9 Å². The Morgan fingerprint density at radius 3 is 2.39 bits per heavy atom. The van der Waals surface area contributed by atoms with Gasteiger partial charge in [-0.1, -0.05) is 0 Å². The van der Waals surface area contributed by atoms with E-state index in [2.05, 4.69) is 15.2 Å². The first-order valence-electron chi connectivity index (χ1n) is 10.4. The van der Waals surface area contributed by atoms with Crippen molar-refractivity contribution in [3.05, 3.63) is 24.5 Å². The van der Waals surface area contributed by atoms with Crippen molar-refractivity contribution in [1.29, 1.82) is 0 Å². The number of amides is 1. The number of nitrogens with zero attached hydrogens (tertiary/aromatic N) is 6. The van der Waals surface area contributed by atoms with Crippen molar-refractivity contribution < 1.29 is 32.9 Å². The molecule has 3 aromatic rings. The van der Waals surface area contributed by atoms with Crippen molar-refractivity contribution in [1.82, 2.24) is 24.9 Å². The second-order valence-electron chi connectivity index (χ2n) is 8.73. The summed E-state index contributed by atoms with van der Waals surface area (Å²) >= 11 is 0. The average molecular weight is 464 g/mol. The summed E-state index contributed by atoms with van der Waals surface area (Å²) in [6, 6.07) is 2.48. The lowest BCUT2D eigenvalue weighted by atomic mass is 10.1. The van der Waals surface area contributed by atoms with E-state index in [4.69, 9.17) is 9.15 Å². The number of alkyl halides is 2. The molecule has 2 N–H and O–H groups in total. The van der Waals surface area contributed by atoms with E-state index < -0.39 is 17.8 Å². The van der Waals surface area contributed by atoms with E-state index in [0.717, 1.165) is 26.7 Å². The van der Waals surface area contributed by atoms with Gasteiger partial charge < -0.3 is 24.3 Å². The minimum absolute atomic E-state index is 0.0109. The molecule has 33 heavy (non-hydrogen) atoms. The van der Waals surface area contributed by atoms with Crippen LogP contribution < -0.4 is 9.64 Å². The maximum Gasteiger partial charge on any atom is 0.426 e. The number of rotatable bonds is 5. The third-order valence-electron chi connectivity index (χ3n) is 6.03. The third kappa shape index (κ3) is 3.52. The van der Waals surface area contributed by atoms with Gasteiger partial charge in [0.2, 0.25) is 0 Å². The van der Waals surface area contributed by atoms with E-state index in [1.165, 1.54) is 34.2 Å².